The van der Waals surface area contributed by atoms with Crippen LogP contribution in [0.25, 0.3) is 10.9 Å². The Labute approximate surface area is 199 Å². The van der Waals surface area contributed by atoms with Gasteiger partial charge in [-0.25, -0.2) is 12.4 Å². The van der Waals surface area contributed by atoms with Crippen LogP contribution in [0.4, 0.5) is 0 Å². The van der Waals surface area contributed by atoms with Crippen molar-refractivity contribution in [3.63, 3.8) is 0 Å². The molecule has 0 saturated carbocycles. The van der Waals surface area contributed by atoms with Crippen LogP contribution in [0.15, 0.2) is 64.1 Å². The minimum Gasteiger partial charge on any atom is -0.301 e. The maximum Gasteiger partial charge on any atom is 0.269 e. The van der Waals surface area contributed by atoms with Crippen LogP contribution < -0.4 is 0 Å². The zero-order chi connectivity index (χ0) is 19.7. The monoisotopic (exact) mass is 533 g/mol. The third kappa shape index (κ3) is 5.03. The van der Waals surface area contributed by atoms with E-state index in [1.807, 2.05) is 24.3 Å². The van der Waals surface area contributed by atoms with E-state index in [1.165, 1.54) is 9.54 Å². The number of piperazine rings is 1. The first kappa shape index (κ1) is 25.2. The maximum absolute atomic E-state index is 13.1. The largest absolute Gasteiger partial charge is 0.301 e. The minimum atomic E-state index is -3.65. The maximum atomic E-state index is 13.1. The molecule has 2 aromatic carbocycles. The summed E-state index contributed by atoms with van der Waals surface area (Å²) in [6.07, 6.45) is 1.64. The van der Waals surface area contributed by atoms with Gasteiger partial charge in [0.1, 0.15) is 4.90 Å². The van der Waals surface area contributed by atoms with Crippen LogP contribution in [-0.4, -0.2) is 54.9 Å². The summed E-state index contributed by atoms with van der Waals surface area (Å²) in [5.41, 5.74) is 1.92. The number of likely N-dealkylation sites (N-methyl/N-ethyl adjacent to an activating group) is 1. The van der Waals surface area contributed by atoms with E-state index in [-0.39, 0.29) is 29.7 Å². The van der Waals surface area contributed by atoms with Gasteiger partial charge in [-0.2, -0.15) is 0 Å². The molecule has 0 radical (unpaired) electrons. The van der Waals surface area contributed by atoms with Gasteiger partial charge in [0.05, 0.1) is 5.52 Å². The van der Waals surface area contributed by atoms with E-state index >= 15 is 0 Å². The summed E-state index contributed by atoms with van der Waals surface area (Å²) in [6, 6.07) is 14.9. The van der Waals surface area contributed by atoms with Crippen molar-refractivity contribution < 1.29 is 8.42 Å². The molecule has 0 aliphatic carbocycles. The zero-order valence-electron chi connectivity index (χ0n) is 16.7. The Hall–Kier alpha value is -1.09. The SMILES string of the molecule is CCN1CCN(Cc2ccc3c(ccn3S(=O)(=O)c3ccccc3Br)c2)CC1.Cl.Cl. The second-order valence-corrected chi connectivity index (χ2v) is 9.79. The Morgan fingerprint density at radius 1 is 0.933 bits per heavy atom. The lowest BCUT2D eigenvalue weighted by Gasteiger charge is -2.34. The van der Waals surface area contributed by atoms with Gasteiger partial charge in [-0.1, -0.05) is 25.1 Å². The van der Waals surface area contributed by atoms with Crippen LogP contribution in [0.2, 0.25) is 0 Å². The Morgan fingerprint density at radius 2 is 1.60 bits per heavy atom. The first-order valence-electron chi connectivity index (χ1n) is 9.54. The molecule has 0 atom stereocenters. The summed E-state index contributed by atoms with van der Waals surface area (Å²) in [7, 11) is -3.65. The summed E-state index contributed by atoms with van der Waals surface area (Å²) in [6.45, 7) is 8.58. The van der Waals surface area contributed by atoms with Crippen LogP contribution in [-0.2, 0) is 16.6 Å². The molecule has 30 heavy (non-hydrogen) atoms. The zero-order valence-corrected chi connectivity index (χ0v) is 20.7. The van der Waals surface area contributed by atoms with Gasteiger partial charge in [0.2, 0.25) is 0 Å². The number of fused-ring (bicyclic) bond motifs is 1. The number of halogens is 3. The van der Waals surface area contributed by atoms with E-state index in [4.69, 9.17) is 0 Å². The van der Waals surface area contributed by atoms with Gasteiger partial charge in [-0.05, 0) is 58.4 Å². The van der Waals surface area contributed by atoms with E-state index < -0.39 is 10.0 Å². The highest BCUT2D eigenvalue weighted by molar-refractivity contribution is 9.10. The fourth-order valence-corrected chi connectivity index (χ4v) is 6.08. The number of hydrogen-bond acceptors (Lipinski definition) is 4. The molecule has 2 heterocycles. The van der Waals surface area contributed by atoms with E-state index in [9.17, 15) is 8.42 Å². The first-order chi connectivity index (χ1) is 13.5. The van der Waals surface area contributed by atoms with Crippen molar-refractivity contribution >= 4 is 61.7 Å². The van der Waals surface area contributed by atoms with E-state index in [1.54, 1.807) is 24.4 Å². The molecule has 164 valence electrons. The van der Waals surface area contributed by atoms with Gasteiger partial charge in [0, 0.05) is 48.8 Å². The molecule has 1 aliphatic rings. The van der Waals surface area contributed by atoms with Crippen molar-refractivity contribution in [1.82, 2.24) is 13.8 Å². The van der Waals surface area contributed by atoms with Crippen LogP contribution in [0, 0.1) is 0 Å². The topological polar surface area (TPSA) is 45.5 Å². The van der Waals surface area contributed by atoms with Gasteiger partial charge in [-0.15, -0.1) is 24.8 Å². The predicted molar refractivity (Wildman–Crippen MR) is 131 cm³/mol. The summed E-state index contributed by atoms with van der Waals surface area (Å²) < 4.78 is 28.2. The summed E-state index contributed by atoms with van der Waals surface area (Å²) >= 11 is 3.36. The highest BCUT2D eigenvalue weighted by atomic mass is 79.9. The fourth-order valence-electron chi connectivity index (χ4n) is 3.76. The van der Waals surface area contributed by atoms with E-state index in [0.29, 0.717) is 9.99 Å². The summed E-state index contributed by atoms with van der Waals surface area (Å²) in [4.78, 5) is 5.19. The van der Waals surface area contributed by atoms with Gasteiger partial charge in [0.15, 0.2) is 0 Å². The molecule has 0 amide bonds. The number of nitrogens with zero attached hydrogens (tertiary/aromatic N) is 3. The highest BCUT2D eigenvalue weighted by Gasteiger charge is 2.21. The van der Waals surface area contributed by atoms with Crippen molar-refractivity contribution in [1.29, 1.82) is 0 Å². The Balaban J connectivity index is 0.00000160. The summed E-state index contributed by atoms with van der Waals surface area (Å²) in [5.74, 6) is 0. The Bertz CT molecular complexity index is 1100. The Kier molecular flexibility index (Phi) is 8.80. The third-order valence-electron chi connectivity index (χ3n) is 5.41. The quantitative estimate of drug-likeness (QED) is 0.479. The molecule has 1 saturated heterocycles. The number of rotatable bonds is 5. The van der Waals surface area contributed by atoms with Crippen LogP contribution in [0.5, 0.6) is 0 Å². The number of hydrogen-bond donors (Lipinski definition) is 0. The van der Waals surface area contributed by atoms with Crippen LogP contribution in [0.3, 0.4) is 0 Å². The van der Waals surface area contributed by atoms with Crippen LogP contribution in [0.1, 0.15) is 12.5 Å². The van der Waals surface area contributed by atoms with Gasteiger partial charge in [-0.3, -0.25) is 4.90 Å². The molecule has 0 bridgehead atoms. The average molecular weight is 535 g/mol. The smallest absolute Gasteiger partial charge is 0.269 e. The predicted octanol–water partition coefficient (Wildman–Crippen LogP) is 4.62. The molecule has 0 spiro atoms. The van der Waals surface area contributed by atoms with E-state index in [2.05, 4.69) is 38.7 Å². The van der Waals surface area contributed by atoms with Crippen LogP contribution >= 0.6 is 40.7 Å². The second-order valence-electron chi connectivity index (χ2n) is 7.15. The molecule has 1 fully saturated rings. The number of benzene rings is 2. The molecular weight excluding hydrogens is 509 g/mol. The Morgan fingerprint density at radius 3 is 2.27 bits per heavy atom. The second kappa shape index (κ2) is 10.5. The first-order valence-corrected chi connectivity index (χ1v) is 11.8. The number of aromatic nitrogens is 1. The molecule has 1 aliphatic heterocycles. The molecule has 9 heteroatoms. The molecule has 3 aromatic rings. The normalized spacial score (nSPS) is 15.5. The molecule has 0 N–H and O–H groups in total. The third-order valence-corrected chi connectivity index (χ3v) is 8.11. The highest BCUT2D eigenvalue weighted by Crippen LogP contribution is 2.28. The molecule has 1 aromatic heterocycles. The van der Waals surface area contributed by atoms with Gasteiger partial charge < -0.3 is 4.90 Å². The van der Waals surface area contributed by atoms with Crippen molar-refractivity contribution in [3.8, 4) is 0 Å². The standard InChI is InChI=1S/C21H24BrN3O2S.2ClH/c1-2-23-11-13-24(14-12-23)16-17-7-8-20-18(15-17)9-10-25(20)28(26,27)21-6-4-3-5-19(21)22;;/h3-10,15H,2,11-14,16H2,1H3;2*1H. The van der Waals surface area contributed by atoms with Gasteiger partial charge >= 0.3 is 0 Å². The van der Waals surface area contributed by atoms with E-state index in [0.717, 1.165) is 44.7 Å². The van der Waals surface area contributed by atoms with Gasteiger partial charge in [0.25, 0.3) is 10.0 Å². The molecule has 5 nitrogen and oxygen atoms in total. The van der Waals surface area contributed by atoms with Crippen molar-refractivity contribution in [2.24, 2.45) is 0 Å². The summed E-state index contributed by atoms with van der Waals surface area (Å²) in [5, 5.41) is 0.945. The van der Waals surface area contributed by atoms with Crippen molar-refractivity contribution in [3.05, 3.63) is 64.8 Å². The molecule has 0 unspecified atom stereocenters. The average Bonchev–Trinajstić information content (AvgIpc) is 3.13. The minimum absolute atomic E-state index is 0. The fraction of sp³-hybridized carbons (Fsp3) is 0.333. The lowest BCUT2D eigenvalue weighted by Crippen LogP contribution is -2.45. The van der Waals surface area contributed by atoms with Crippen molar-refractivity contribution in [2.75, 3.05) is 32.7 Å². The molecular formula is C21H26BrCl2N3O2S. The lowest BCUT2D eigenvalue weighted by atomic mass is 10.1. The van der Waals surface area contributed by atoms with Crippen molar-refractivity contribution in [2.45, 2.75) is 18.4 Å². The molecule has 4 rings (SSSR count). The lowest BCUT2D eigenvalue weighted by molar-refractivity contribution is 0.132.